The minimum absolute atomic E-state index is 0.104. The molecule has 148 valence electrons. The number of amides is 3. The van der Waals surface area contributed by atoms with Crippen LogP contribution in [0.3, 0.4) is 0 Å². The maximum absolute atomic E-state index is 12.5. The lowest BCUT2D eigenvalue weighted by Crippen LogP contribution is -2.45. The molecule has 0 fully saturated rings. The highest BCUT2D eigenvalue weighted by Gasteiger charge is 2.26. The van der Waals surface area contributed by atoms with Crippen molar-refractivity contribution in [2.75, 3.05) is 11.5 Å². The Balaban J connectivity index is 2.26. The van der Waals surface area contributed by atoms with Gasteiger partial charge in [-0.3, -0.25) is 4.79 Å². The lowest BCUT2D eigenvalue weighted by atomic mass is 10.2. The normalized spacial score (nSPS) is 10.8. The summed E-state index contributed by atoms with van der Waals surface area (Å²) in [5.74, 6) is -1.24. The summed E-state index contributed by atoms with van der Waals surface area (Å²) in [5, 5.41) is 0. The number of sulfonamides is 1. The van der Waals surface area contributed by atoms with Gasteiger partial charge in [-0.25, -0.2) is 27.6 Å². The van der Waals surface area contributed by atoms with E-state index in [-0.39, 0.29) is 22.8 Å². The highest BCUT2D eigenvalue weighted by atomic mass is 32.2. The van der Waals surface area contributed by atoms with Gasteiger partial charge in [-0.2, -0.15) is 0 Å². The van der Waals surface area contributed by atoms with Gasteiger partial charge in [-0.15, -0.1) is 0 Å². The number of carbonyl (C=O) groups excluding carboxylic acids is 3. The number of ether oxygens (including phenoxy) is 1. The summed E-state index contributed by atoms with van der Waals surface area (Å²) in [6.45, 7) is 4.80. The van der Waals surface area contributed by atoms with Crippen LogP contribution in [0.5, 0.6) is 0 Å². The Morgan fingerprint density at radius 2 is 1.57 bits per heavy atom. The molecule has 0 unspecified atom stereocenters. The summed E-state index contributed by atoms with van der Waals surface area (Å²) < 4.78 is 31.5. The number of esters is 1. The summed E-state index contributed by atoms with van der Waals surface area (Å²) in [7, 11) is -4.16. The van der Waals surface area contributed by atoms with Crippen molar-refractivity contribution >= 4 is 33.6 Å². The minimum Gasteiger partial charge on any atom is -0.462 e. The van der Waals surface area contributed by atoms with Crippen LogP contribution in [0, 0.1) is 6.92 Å². The van der Waals surface area contributed by atoms with Crippen LogP contribution in [-0.2, 0) is 19.6 Å². The molecular weight excluding hydrogens is 384 g/mol. The van der Waals surface area contributed by atoms with Crippen LogP contribution in [0.4, 0.5) is 10.5 Å². The van der Waals surface area contributed by atoms with Crippen LogP contribution in [-0.4, -0.2) is 32.9 Å². The molecule has 0 saturated heterocycles. The first-order chi connectivity index (χ1) is 13.2. The molecule has 0 aliphatic carbocycles. The van der Waals surface area contributed by atoms with Gasteiger partial charge in [0.1, 0.15) is 0 Å². The number of nitrogens with one attached hydrogen (secondary N) is 1. The number of anilines is 1. The minimum atomic E-state index is -4.16. The van der Waals surface area contributed by atoms with Gasteiger partial charge in [0, 0.05) is 6.92 Å². The average molecular weight is 404 g/mol. The smallest absolute Gasteiger partial charge is 0.342 e. The molecular formula is C19H20N2O6S. The van der Waals surface area contributed by atoms with Crippen molar-refractivity contribution in [2.45, 2.75) is 25.7 Å². The third-order valence-electron chi connectivity index (χ3n) is 3.71. The Morgan fingerprint density at radius 3 is 2.07 bits per heavy atom. The Labute approximate surface area is 163 Å². The second-order valence-electron chi connectivity index (χ2n) is 5.85. The molecule has 0 atom stereocenters. The molecule has 0 aliphatic heterocycles. The first-order valence-electron chi connectivity index (χ1n) is 8.37. The van der Waals surface area contributed by atoms with Crippen molar-refractivity contribution in [2.24, 2.45) is 0 Å². The van der Waals surface area contributed by atoms with Gasteiger partial charge < -0.3 is 4.74 Å². The molecule has 0 bridgehead atoms. The number of carbonyl (C=O) groups is 3. The lowest BCUT2D eigenvalue weighted by Gasteiger charge is -2.20. The largest absolute Gasteiger partial charge is 0.462 e. The third kappa shape index (κ3) is 4.95. The number of aryl methyl sites for hydroxylation is 1. The molecule has 0 spiro atoms. The van der Waals surface area contributed by atoms with Gasteiger partial charge in [0.15, 0.2) is 0 Å². The number of hydrogen-bond donors (Lipinski definition) is 1. The van der Waals surface area contributed by atoms with Gasteiger partial charge in [0.2, 0.25) is 5.91 Å². The fraction of sp³-hybridized carbons (Fsp3) is 0.211. The summed E-state index contributed by atoms with van der Waals surface area (Å²) in [4.78, 5) is 36.7. The molecule has 0 saturated carbocycles. The number of benzene rings is 2. The highest BCUT2D eigenvalue weighted by Crippen LogP contribution is 2.18. The molecule has 0 aliphatic rings. The van der Waals surface area contributed by atoms with E-state index < -0.39 is 27.9 Å². The lowest BCUT2D eigenvalue weighted by molar-refractivity contribution is -0.115. The molecule has 2 rings (SSSR count). The first-order valence-corrected chi connectivity index (χ1v) is 9.85. The van der Waals surface area contributed by atoms with Crippen LogP contribution < -0.4 is 9.62 Å². The van der Waals surface area contributed by atoms with E-state index in [1.807, 2.05) is 4.72 Å². The Kier molecular flexibility index (Phi) is 6.53. The molecule has 8 nitrogen and oxygen atoms in total. The van der Waals surface area contributed by atoms with Crippen molar-refractivity contribution in [1.29, 1.82) is 0 Å². The molecule has 28 heavy (non-hydrogen) atoms. The summed E-state index contributed by atoms with van der Waals surface area (Å²) in [6.07, 6.45) is 0. The standard InChI is InChI=1S/C19H20N2O6S/c1-4-27-18(23)15-7-9-16(10-8-15)21(14(3)22)19(24)20-28(25,26)17-11-5-13(2)6-12-17/h5-12H,4H2,1-3H3,(H,20,24). The van der Waals surface area contributed by atoms with Crippen molar-refractivity contribution in [3.63, 3.8) is 0 Å². The summed E-state index contributed by atoms with van der Waals surface area (Å²) in [5.41, 5.74) is 1.20. The molecule has 9 heteroatoms. The van der Waals surface area contributed by atoms with Gasteiger partial charge in [-0.05, 0) is 50.2 Å². The summed E-state index contributed by atoms with van der Waals surface area (Å²) >= 11 is 0. The quantitative estimate of drug-likeness (QED) is 0.767. The molecule has 2 aromatic rings. The van der Waals surface area contributed by atoms with Crippen molar-refractivity contribution in [1.82, 2.24) is 4.72 Å². The zero-order chi connectivity index (χ0) is 20.9. The van der Waals surface area contributed by atoms with Crippen molar-refractivity contribution in [3.8, 4) is 0 Å². The Bertz CT molecular complexity index is 982. The number of imide groups is 1. The van der Waals surface area contributed by atoms with E-state index in [9.17, 15) is 22.8 Å². The number of rotatable bonds is 5. The van der Waals surface area contributed by atoms with Crippen LogP contribution >= 0.6 is 0 Å². The maximum Gasteiger partial charge on any atom is 0.342 e. The van der Waals surface area contributed by atoms with Crippen molar-refractivity contribution < 1.29 is 27.5 Å². The van der Waals surface area contributed by atoms with E-state index in [1.165, 1.54) is 36.4 Å². The van der Waals surface area contributed by atoms with E-state index >= 15 is 0 Å². The van der Waals surface area contributed by atoms with E-state index in [0.717, 1.165) is 12.5 Å². The third-order valence-corrected chi connectivity index (χ3v) is 5.04. The van der Waals surface area contributed by atoms with E-state index in [1.54, 1.807) is 26.0 Å². The molecule has 2 aromatic carbocycles. The van der Waals surface area contributed by atoms with E-state index in [4.69, 9.17) is 4.74 Å². The molecule has 0 aromatic heterocycles. The zero-order valence-electron chi connectivity index (χ0n) is 15.6. The predicted octanol–water partition coefficient (Wildman–Crippen LogP) is 2.62. The molecule has 0 heterocycles. The SMILES string of the molecule is CCOC(=O)c1ccc(N(C(C)=O)C(=O)NS(=O)(=O)c2ccc(C)cc2)cc1. The van der Waals surface area contributed by atoms with Crippen molar-refractivity contribution in [3.05, 3.63) is 59.7 Å². The van der Waals surface area contributed by atoms with Crippen LogP contribution in [0.25, 0.3) is 0 Å². The summed E-state index contributed by atoms with van der Waals surface area (Å²) in [6, 6.07) is 10.2. The maximum atomic E-state index is 12.5. The highest BCUT2D eigenvalue weighted by molar-refractivity contribution is 7.90. The predicted molar refractivity (Wildman–Crippen MR) is 102 cm³/mol. The van der Waals surface area contributed by atoms with Crippen LogP contribution in [0.2, 0.25) is 0 Å². The van der Waals surface area contributed by atoms with E-state index in [2.05, 4.69) is 0 Å². The molecule has 0 radical (unpaired) electrons. The fourth-order valence-corrected chi connectivity index (χ4v) is 3.27. The van der Waals surface area contributed by atoms with E-state index in [0.29, 0.717) is 4.90 Å². The Morgan fingerprint density at radius 1 is 1.00 bits per heavy atom. The van der Waals surface area contributed by atoms with Crippen LogP contribution in [0.15, 0.2) is 53.4 Å². The van der Waals surface area contributed by atoms with Gasteiger partial charge in [0.25, 0.3) is 10.0 Å². The Hall–Kier alpha value is -3.20. The fourth-order valence-electron chi connectivity index (χ4n) is 2.34. The second kappa shape index (κ2) is 8.66. The van der Waals surface area contributed by atoms with Gasteiger partial charge in [-0.1, -0.05) is 17.7 Å². The monoisotopic (exact) mass is 404 g/mol. The van der Waals surface area contributed by atoms with Gasteiger partial charge >= 0.3 is 12.0 Å². The number of hydrogen-bond acceptors (Lipinski definition) is 6. The average Bonchev–Trinajstić information content (AvgIpc) is 2.62. The number of urea groups is 1. The number of nitrogens with zero attached hydrogens (tertiary/aromatic N) is 1. The topological polar surface area (TPSA) is 110 Å². The first kappa shape index (κ1) is 21.1. The second-order valence-corrected chi connectivity index (χ2v) is 7.53. The molecule has 1 N–H and O–H groups in total. The van der Waals surface area contributed by atoms with Crippen LogP contribution in [0.1, 0.15) is 29.8 Å². The zero-order valence-corrected chi connectivity index (χ0v) is 16.4. The van der Waals surface area contributed by atoms with Gasteiger partial charge in [0.05, 0.1) is 22.8 Å². The molecule has 3 amide bonds.